The standard InChI is InChI=1S/C27H41NO4S/c1-3-4-5-6-7-8-9-10-11-15-23-32-27(29)26(21-20-24-17-16-22-28(24)2)33(30,31)25-18-13-12-14-19-25/h12-14,18-21H,3-11,15-17,22-23H2,1-2H3. The van der Waals surface area contributed by atoms with Gasteiger partial charge in [-0.05, 0) is 43.5 Å². The van der Waals surface area contributed by atoms with Gasteiger partial charge in [0.05, 0.1) is 11.5 Å². The number of likely N-dealkylation sites (tertiary alicyclic amines) is 1. The Morgan fingerprint density at radius 2 is 1.58 bits per heavy atom. The number of allylic oxidation sites excluding steroid dienone is 3. The van der Waals surface area contributed by atoms with Crippen molar-refractivity contribution in [3.05, 3.63) is 53.1 Å². The molecule has 1 heterocycles. The monoisotopic (exact) mass is 475 g/mol. The maximum Gasteiger partial charge on any atom is 0.350 e. The molecule has 0 saturated carbocycles. The third-order valence-electron chi connectivity index (χ3n) is 6.12. The lowest BCUT2D eigenvalue weighted by molar-refractivity contribution is -0.138. The van der Waals surface area contributed by atoms with E-state index in [1.165, 1.54) is 63.2 Å². The molecule has 1 saturated heterocycles. The van der Waals surface area contributed by atoms with Crippen LogP contribution in [0.5, 0.6) is 0 Å². The summed E-state index contributed by atoms with van der Waals surface area (Å²) in [6.07, 6.45) is 16.9. The summed E-state index contributed by atoms with van der Waals surface area (Å²) in [6.45, 7) is 3.41. The Morgan fingerprint density at radius 1 is 0.970 bits per heavy atom. The fourth-order valence-electron chi connectivity index (χ4n) is 4.03. The molecule has 0 spiro atoms. The average molecular weight is 476 g/mol. The first-order valence-corrected chi connectivity index (χ1v) is 14.0. The second-order valence-corrected chi connectivity index (χ2v) is 10.8. The lowest BCUT2D eigenvalue weighted by atomic mass is 10.1. The van der Waals surface area contributed by atoms with E-state index in [0.29, 0.717) is 0 Å². The van der Waals surface area contributed by atoms with Crippen LogP contribution in [-0.2, 0) is 19.4 Å². The molecule has 33 heavy (non-hydrogen) atoms. The van der Waals surface area contributed by atoms with Crippen LogP contribution in [-0.4, -0.2) is 39.5 Å². The largest absolute Gasteiger partial charge is 0.462 e. The summed E-state index contributed by atoms with van der Waals surface area (Å²) in [5, 5.41) is 0. The van der Waals surface area contributed by atoms with Crippen molar-refractivity contribution in [3.8, 4) is 0 Å². The predicted molar refractivity (Wildman–Crippen MR) is 134 cm³/mol. The molecule has 1 fully saturated rings. The Kier molecular flexibility index (Phi) is 12.3. The van der Waals surface area contributed by atoms with Gasteiger partial charge in [-0.1, -0.05) is 82.9 Å². The van der Waals surface area contributed by atoms with Crippen LogP contribution in [0.3, 0.4) is 0 Å². The molecule has 0 N–H and O–H groups in total. The number of rotatable bonds is 15. The molecule has 1 aliphatic rings. The molecular formula is C27H41NO4S. The molecule has 5 nitrogen and oxygen atoms in total. The van der Waals surface area contributed by atoms with E-state index >= 15 is 0 Å². The van der Waals surface area contributed by atoms with Crippen molar-refractivity contribution >= 4 is 15.8 Å². The maximum absolute atomic E-state index is 13.1. The third kappa shape index (κ3) is 9.36. The Bertz CT molecular complexity index is 875. The minimum atomic E-state index is -3.95. The van der Waals surface area contributed by atoms with E-state index in [4.69, 9.17) is 4.74 Å². The minimum Gasteiger partial charge on any atom is -0.462 e. The van der Waals surface area contributed by atoms with Crippen molar-refractivity contribution in [1.29, 1.82) is 0 Å². The van der Waals surface area contributed by atoms with Crippen LogP contribution < -0.4 is 0 Å². The van der Waals surface area contributed by atoms with Crippen LogP contribution in [0, 0.1) is 0 Å². The first-order valence-electron chi connectivity index (χ1n) is 12.6. The number of carbonyl (C=O) groups is 1. The van der Waals surface area contributed by atoms with Gasteiger partial charge in [0.25, 0.3) is 0 Å². The lowest BCUT2D eigenvalue weighted by Gasteiger charge is -2.12. The molecule has 0 atom stereocenters. The highest BCUT2D eigenvalue weighted by atomic mass is 32.2. The number of sulfone groups is 1. The number of hydrogen-bond acceptors (Lipinski definition) is 5. The minimum absolute atomic E-state index is 0.102. The average Bonchev–Trinajstić information content (AvgIpc) is 3.22. The first-order chi connectivity index (χ1) is 16.0. The first kappa shape index (κ1) is 27.2. The molecule has 0 bridgehead atoms. The molecule has 0 aliphatic carbocycles. The predicted octanol–water partition coefficient (Wildman–Crippen LogP) is 6.42. The number of hydrogen-bond donors (Lipinski definition) is 0. The normalized spacial score (nSPS) is 15.9. The summed E-state index contributed by atoms with van der Waals surface area (Å²) in [6, 6.07) is 8.08. The van der Waals surface area contributed by atoms with Gasteiger partial charge in [-0.15, -0.1) is 0 Å². The number of unbranched alkanes of at least 4 members (excludes halogenated alkanes) is 9. The van der Waals surface area contributed by atoms with Gasteiger partial charge in [0.15, 0.2) is 4.91 Å². The van der Waals surface area contributed by atoms with E-state index < -0.39 is 15.8 Å². The van der Waals surface area contributed by atoms with Crippen LogP contribution in [0.4, 0.5) is 0 Å². The summed E-state index contributed by atoms with van der Waals surface area (Å²) in [5.74, 6) is -0.771. The second kappa shape index (κ2) is 14.9. The van der Waals surface area contributed by atoms with E-state index in [0.717, 1.165) is 44.3 Å². The highest BCUT2D eigenvalue weighted by Gasteiger charge is 2.28. The van der Waals surface area contributed by atoms with E-state index in [1.54, 1.807) is 24.3 Å². The van der Waals surface area contributed by atoms with Crippen molar-refractivity contribution in [2.24, 2.45) is 0 Å². The lowest BCUT2D eigenvalue weighted by Crippen LogP contribution is -2.17. The Hall–Kier alpha value is -2.08. The van der Waals surface area contributed by atoms with Crippen molar-refractivity contribution in [1.82, 2.24) is 4.90 Å². The van der Waals surface area contributed by atoms with Crippen molar-refractivity contribution in [2.75, 3.05) is 20.2 Å². The van der Waals surface area contributed by atoms with Gasteiger partial charge in [-0.25, -0.2) is 13.2 Å². The molecule has 184 valence electrons. The van der Waals surface area contributed by atoms with E-state index in [1.807, 2.05) is 7.05 Å². The van der Waals surface area contributed by atoms with Gasteiger partial charge >= 0.3 is 5.97 Å². The third-order valence-corrected chi connectivity index (χ3v) is 7.89. The highest BCUT2D eigenvalue weighted by molar-refractivity contribution is 7.96. The van der Waals surface area contributed by atoms with E-state index in [-0.39, 0.29) is 16.4 Å². The van der Waals surface area contributed by atoms with Crippen LogP contribution in [0.1, 0.15) is 84.0 Å². The Balaban J connectivity index is 1.89. The Morgan fingerprint density at radius 3 is 2.15 bits per heavy atom. The molecular weight excluding hydrogens is 434 g/mol. The number of carbonyl (C=O) groups excluding carboxylic acids is 1. The molecule has 0 unspecified atom stereocenters. The zero-order chi connectivity index (χ0) is 23.9. The summed E-state index contributed by atoms with van der Waals surface area (Å²) in [5.41, 5.74) is 1.03. The smallest absolute Gasteiger partial charge is 0.350 e. The van der Waals surface area contributed by atoms with Crippen LogP contribution in [0.15, 0.2) is 58.0 Å². The second-order valence-electron chi connectivity index (χ2n) is 8.85. The van der Waals surface area contributed by atoms with Gasteiger partial charge in [0, 0.05) is 19.3 Å². The van der Waals surface area contributed by atoms with Gasteiger partial charge < -0.3 is 9.64 Å². The highest BCUT2D eigenvalue weighted by Crippen LogP contribution is 2.23. The number of nitrogens with zero attached hydrogens (tertiary/aromatic N) is 1. The SMILES string of the molecule is CCCCCCCCCCCCOC(=O)C(=CC=C1CCCN1C)S(=O)(=O)c1ccccc1. The van der Waals surface area contributed by atoms with E-state index in [2.05, 4.69) is 11.8 Å². The molecule has 1 aliphatic heterocycles. The fourth-order valence-corrected chi connectivity index (χ4v) is 5.33. The van der Waals surface area contributed by atoms with Crippen LogP contribution >= 0.6 is 0 Å². The van der Waals surface area contributed by atoms with Crippen molar-refractivity contribution in [2.45, 2.75) is 88.9 Å². The summed E-state index contributed by atoms with van der Waals surface area (Å²) < 4.78 is 31.7. The van der Waals surface area contributed by atoms with Gasteiger partial charge in [0.1, 0.15) is 0 Å². The summed E-state index contributed by atoms with van der Waals surface area (Å²) in [7, 11) is -1.98. The zero-order valence-electron chi connectivity index (χ0n) is 20.4. The van der Waals surface area contributed by atoms with Gasteiger partial charge in [-0.2, -0.15) is 0 Å². The number of ether oxygens (including phenoxy) is 1. The van der Waals surface area contributed by atoms with Crippen molar-refractivity contribution in [3.63, 3.8) is 0 Å². The quantitative estimate of drug-likeness (QED) is 0.166. The van der Waals surface area contributed by atoms with Gasteiger partial charge in [0.2, 0.25) is 9.84 Å². The van der Waals surface area contributed by atoms with E-state index in [9.17, 15) is 13.2 Å². The number of benzene rings is 1. The summed E-state index contributed by atoms with van der Waals surface area (Å²) in [4.78, 5) is 14.7. The number of esters is 1. The molecule has 0 aromatic heterocycles. The van der Waals surface area contributed by atoms with Crippen LogP contribution in [0.2, 0.25) is 0 Å². The molecule has 1 aromatic carbocycles. The summed E-state index contributed by atoms with van der Waals surface area (Å²) >= 11 is 0. The Labute approximate surface area is 200 Å². The zero-order valence-corrected chi connectivity index (χ0v) is 21.2. The van der Waals surface area contributed by atoms with Crippen LogP contribution in [0.25, 0.3) is 0 Å². The fraction of sp³-hybridized carbons (Fsp3) is 0.593. The molecule has 0 radical (unpaired) electrons. The molecule has 1 aromatic rings. The van der Waals surface area contributed by atoms with Gasteiger partial charge in [-0.3, -0.25) is 0 Å². The molecule has 6 heteroatoms. The maximum atomic E-state index is 13.1. The topological polar surface area (TPSA) is 63.7 Å². The van der Waals surface area contributed by atoms with Crippen molar-refractivity contribution < 1.29 is 17.9 Å². The molecule has 0 amide bonds. The molecule has 2 rings (SSSR count).